The molecule has 2 N–H and O–H groups in total. The molecule has 0 aromatic heterocycles. The highest BCUT2D eigenvalue weighted by molar-refractivity contribution is 8.93. The molecule has 0 radical (unpaired) electrons. The molecule has 0 amide bonds. The van der Waals surface area contributed by atoms with Crippen molar-refractivity contribution in [2.75, 3.05) is 13.2 Å². The summed E-state index contributed by atoms with van der Waals surface area (Å²) in [5.74, 6) is -0.268. The van der Waals surface area contributed by atoms with Gasteiger partial charge in [-0.25, -0.2) is 4.79 Å². The Morgan fingerprint density at radius 1 is 1.33 bits per heavy atom. The minimum atomic E-state index is -0.268. The third-order valence-corrected chi connectivity index (χ3v) is 1.41. The molecular formula is C8H16BrNO2. The molecule has 0 heterocycles. The Morgan fingerprint density at radius 2 is 1.83 bits per heavy atom. The SMILES string of the molecule is Br.CC(C)=C(C)C(=O)OCCN. The summed E-state index contributed by atoms with van der Waals surface area (Å²) in [6.07, 6.45) is 0. The van der Waals surface area contributed by atoms with E-state index in [0.717, 1.165) is 5.57 Å². The third-order valence-electron chi connectivity index (χ3n) is 1.41. The van der Waals surface area contributed by atoms with Gasteiger partial charge in [-0.15, -0.1) is 17.0 Å². The lowest BCUT2D eigenvalue weighted by Crippen LogP contribution is -2.14. The summed E-state index contributed by atoms with van der Waals surface area (Å²) in [5.41, 5.74) is 6.80. The standard InChI is InChI=1S/C8H15NO2.BrH/c1-6(2)7(3)8(10)11-5-4-9;/h4-5,9H2,1-3H3;1H. The molecule has 0 aromatic carbocycles. The zero-order valence-electron chi connectivity index (χ0n) is 7.72. The van der Waals surface area contributed by atoms with E-state index in [1.807, 2.05) is 13.8 Å². The second kappa shape index (κ2) is 7.31. The molecule has 4 heteroatoms. The van der Waals surface area contributed by atoms with Gasteiger partial charge in [0.15, 0.2) is 0 Å². The smallest absolute Gasteiger partial charge is 0.333 e. The Kier molecular flexibility index (Phi) is 8.64. The molecular weight excluding hydrogens is 222 g/mol. The number of nitrogens with two attached hydrogens (primary N) is 1. The second-order valence-electron chi connectivity index (χ2n) is 2.55. The zero-order valence-corrected chi connectivity index (χ0v) is 9.43. The molecule has 0 bridgehead atoms. The lowest BCUT2D eigenvalue weighted by Gasteiger charge is -2.03. The van der Waals surface area contributed by atoms with E-state index < -0.39 is 0 Å². The summed E-state index contributed by atoms with van der Waals surface area (Å²) >= 11 is 0. The van der Waals surface area contributed by atoms with Gasteiger partial charge in [-0.1, -0.05) is 5.57 Å². The van der Waals surface area contributed by atoms with E-state index in [1.54, 1.807) is 6.92 Å². The number of halogens is 1. The van der Waals surface area contributed by atoms with E-state index in [9.17, 15) is 4.79 Å². The van der Waals surface area contributed by atoms with Gasteiger partial charge in [0.1, 0.15) is 6.61 Å². The minimum Gasteiger partial charge on any atom is -0.461 e. The molecule has 0 unspecified atom stereocenters. The number of carbonyl (C=O) groups is 1. The molecule has 72 valence electrons. The summed E-state index contributed by atoms with van der Waals surface area (Å²) in [7, 11) is 0. The number of rotatable bonds is 3. The lowest BCUT2D eigenvalue weighted by molar-refractivity contribution is -0.138. The first kappa shape index (κ1) is 14.2. The van der Waals surface area contributed by atoms with Crippen LogP contribution < -0.4 is 5.73 Å². The molecule has 0 aliphatic rings. The molecule has 0 fully saturated rings. The van der Waals surface area contributed by atoms with Crippen molar-refractivity contribution in [1.29, 1.82) is 0 Å². The van der Waals surface area contributed by atoms with Crippen LogP contribution in [0.25, 0.3) is 0 Å². The largest absolute Gasteiger partial charge is 0.461 e. The molecule has 0 aliphatic carbocycles. The highest BCUT2D eigenvalue weighted by Gasteiger charge is 2.05. The van der Waals surface area contributed by atoms with Crippen LogP contribution in [0.4, 0.5) is 0 Å². The Labute approximate surface area is 83.7 Å². The van der Waals surface area contributed by atoms with Gasteiger partial charge in [-0.3, -0.25) is 0 Å². The Morgan fingerprint density at radius 3 is 2.17 bits per heavy atom. The maximum absolute atomic E-state index is 11.0. The molecule has 12 heavy (non-hydrogen) atoms. The lowest BCUT2D eigenvalue weighted by atomic mass is 10.2. The number of allylic oxidation sites excluding steroid dienone is 1. The van der Waals surface area contributed by atoms with Gasteiger partial charge in [-0.05, 0) is 20.8 Å². The molecule has 3 nitrogen and oxygen atoms in total. The molecule has 0 aliphatic heterocycles. The van der Waals surface area contributed by atoms with E-state index in [4.69, 9.17) is 10.5 Å². The molecule has 0 atom stereocenters. The van der Waals surface area contributed by atoms with Crippen LogP contribution in [0, 0.1) is 0 Å². The van der Waals surface area contributed by atoms with Crippen molar-refractivity contribution in [3.05, 3.63) is 11.1 Å². The van der Waals surface area contributed by atoms with Crippen LogP contribution in [0.5, 0.6) is 0 Å². The van der Waals surface area contributed by atoms with Crippen LogP contribution in [0.3, 0.4) is 0 Å². The number of hydrogen-bond acceptors (Lipinski definition) is 3. The van der Waals surface area contributed by atoms with Gasteiger partial charge in [0, 0.05) is 12.1 Å². The van der Waals surface area contributed by atoms with Crippen LogP contribution >= 0.6 is 17.0 Å². The molecule has 0 saturated heterocycles. The predicted octanol–water partition coefficient (Wildman–Crippen LogP) is 1.42. The normalized spacial score (nSPS) is 8.33. The van der Waals surface area contributed by atoms with Crippen molar-refractivity contribution in [2.45, 2.75) is 20.8 Å². The number of hydrogen-bond donors (Lipinski definition) is 1. The van der Waals surface area contributed by atoms with Gasteiger partial charge < -0.3 is 10.5 Å². The topological polar surface area (TPSA) is 52.3 Å². The van der Waals surface area contributed by atoms with Crippen LogP contribution in [0.15, 0.2) is 11.1 Å². The average molecular weight is 238 g/mol. The Hall–Kier alpha value is -0.350. The quantitative estimate of drug-likeness (QED) is 0.597. The predicted molar refractivity (Wildman–Crippen MR) is 54.4 cm³/mol. The van der Waals surface area contributed by atoms with E-state index in [1.165, 1.54) is 0 Å². The molecule has 0 spiro atoms. The van der Waals surface area contributed by atoms with Gasteiger partial charge in [0.05, 0.1) is 0 Å². The zero-order chi connectivity index (χ0) is 8.85. The highest BCUT2D eigenvalue weighted by Crippen LogP contribution is 2.03. The van der Waals surface area contributed by atoms with Gasteiger partial charge >= 0.3 is 5.97 Å². The summed E-state index contributed by atoms with van der Waals surface area (Å²) < 4.78 is 4.79. The summed E-state index contributed by atoms with van der Waals surface area (Å²) in [6.45, 7) is 6.16. The average Bonchev–Trinajstić information content (AvgIpc) is 1.98. The number of esters is 1. The Bertz CT molecular complexity index is 174. The van der Waals surface area contributed by atoms with Crippen LogP contribution in [0.2, 0.25) is 0 Å². The first-order valence-corrected chi connectivity index (χ1v) is 3.61. The third kappa shape index (κ3) is 5.32. The van der Waals surface area contributed by atoms with Crippen LogP contribution in [-0.2, 0) is 9.53 Å². The first-order valence-electron chi connectivity index (χ1n) is 3.61. The number of ether oxygens (including phenoxy) is 1. The van der Waals surface area contributed by atoms with Crippen molar-refractivity contribution >= 4 is 23.0 Å². The van der Waals surface area contributed by atoms with Crippen molar-refractivity contribution in [3.8, 4) is 0 Å². The summed E-state index contributed by atoms with van der Waals surface area (Å²) in [5, 5.41) is 0. The van der Waals surface area contributed by atoms with Gasteiger partial charge in [0.25, 0.3) is 0 Å². The van der Waals surface area contributed by atoms with Crippen molar-refractivity contribution in [3.63, 3.8) is 0 Å². The van der Waals surface area contributed by atoms with Crippen molar-refractivity contribution in [2.24, 2.45) is 5.73 Å². The molecule has 0 aromatic rings. The number of carbonyl (C=O) groups excluding carboxylic acids is 1. The second-order valence-corrected chi connectivity index (χ2v) is 2.55. The van der Waals surface area contributed by atoms with Crippen LogP contribution in [0.1, 0.15) is 20.8 Å². The summed E-state index contributed by atoms with van der Waals surface area (Å²) in [4.78, 5) is 11.0. The van der Waals surface area contributed by atoms with E-state index in [0.29, 0.717) is 18.7 Å². The van der Waals surface area contributed by atoms with E-state index in [2.05, 4.69) is 0 Å². The Balaban J connectivity index is 0. The maximum atomic E-state index is 11.0. The van der Waals surface area contributed by atoms with Gasteiger partial charge in [-0.2, -0.15) is 0 Å². The summed E-state index contributed by atoms with van der Waals surface area (Å²) in [6, 6.07) is 0. The van der Waals surface area contributed by atoms with Crippen molar-refractivity contribution < 1.29 is 9.53 Å². The molecule has 0 saturated carbocycles. The maximum Gasteiger partial charge on any atom is 0.333 e. The fourth-order valence-electron chi connectivity index (χ4n) is 0.464. The minimum absolute atomic E-state index is 0. The van der Waals surface area contributed by atoms with Gasteiger partial charge in [0.2, 0.25) is 0 Å². The van der Waals surface area contributed by atoms with Crippen LogP contribution in [-0.4, -0.2) is 19.1 Å². The monoisotopic (exact) mass is 237 g/mol. The highest BCUT2D eigenvalue weighted by atomic mass is 79.9. The fraction of sp³-hybridized carbons (Fsp3) is 0.625. The van der Waals surface area contributed by atoms with E-state index in [-0.39, 0.29) is 23.0 Å². The van der Waals surface area contributed by atoms with E-state index >= 15 is 0 Å². The van der Waals surface area contributed by atoms with Crippen molar-refractivity contribution in [1.82, 2.24) is 0 Å². The first-order chi connectivity index (χ1) is 5.09. The molecule has 0 rings (SSSR count). The fourth-order valence-corrected chi connectivity index (χ4v) is 0.464.